The van der Waals surface area contributed by atoms with Crippen LogP contribution in [0.3, 0.4) is 0 Å². The summed E-state index contributed by atoms with van der Waals surface area (Å²) in [6.45, 7) is 3.77. The van der Waals surface area contributed by atoms with Crippen LogP contribution in [0.4, 0.5) is 0 Å². The summed E-state index contributed by atoms with van der Waals surface area (Å²) in [5.74, 6) is 2.26. The van der Waals surface area contributed by atoms with Crippen LogP contribution in [-0.4, -0.2) is 29.9 Å². The van der Waals surface area contributed by atoms with Crippen molar-refractivity contribution in [2.24, 2.45) is 0 Å². The van der Waals surface area contributed by atoms with Crippen molar-refractivity contribution in [2.75, 3.05) is 0 Å². The Morgan fingerprint density at radius 1 is 0.676 bits per heavy atom. The molecule has 0 aliphatic carbocycles. The van der Waals surface area contributed by atoms with E-state index in [4.69, 9.17) is 4.74 Å². The lowest BCUT2D eigenvalue weighted by molar-refractivity contribution is 0.463. The lowest BCUT2D eigenvalue weighted by atomic mass is 10.0. The van der Waals surface area contributed by atoms with Gasteiger partial charge in [0.05, 0.1) is 11.0 Å². The zero-order valence-electron chi connectivity index (χ0n) is 18.7. The first-order valence-electron chi connectivity index (χ1n) is 10.9. The van der Waals surface area contributed by atoms with Gasteiger partial charge in [-0.3, -0.25) is 4.57 Å². The first-order chi connectivity index (χ1) is 16.7. The molecule has 6 rings (SSSR count). The summed E-state index contributed by atoms with van der Waals surface area (Å²) in [6.07, 6.45) is 1.79. The fraction of sp³-hybridized carbons (Fsp3) is 0.0741. The predicted molar refractivity (Wildman–Crippen MR) is 131 cm³/mol. The van der Waals surface area contributed by atoms with Gasteiger partial charge in [-0.2, -0.15) is 0 Å². The second kappa shape index (κ2) is 8.04. The fourth-order valence-corrected chi connectivity index (χ4v) is 4.10. The Hall–Kier alpha value is -4.65. The lowest BCUT2D eigenvalue weighted by Crippen LogP contribution is -2.06. The standard InChI is InChI=1S/C27H20N6O/c1-17-10-13-26(28-16-17)34-21-7-5-6-19(14-21)20-11-12-23-22-8-3-4-9-24(22)33(25(23)15-20)27-31-29-18(2)30-32-27/h3-16H,1-2H3. The summed E-state index contributed by atoms with van der Waals surface area (Å²) in [5, 5.41) is 19.1. The minimum absolute atomic E-state index is 0.441. The maximum absolute atomic E-state index is 5.98. The van der Waals surface area contributed by atoms with E-state index in [-0.39, 0.29) is 0 Å². The summed E-state index contributed by atoms with van der Waals surface area (Å²) in [6, 6.07) is 26.4. The van der Waals surface area contributed by atoms with Crippen LogP contribution in [0.1, 0.15) is 11.4 Å². The van der Waals surface area contributed by atoms with Gasteiger partial charge in [0.15, 0.2) is 5.82 Å². The molecule has 164 valence electrons. The quantitative estimate of drug-likeness (QED) is 0.340. The van der Waals surface area contributed by atoms with E-state index in [0.717, 1.165) is 44.2 Å². The van der Waals surface area contributed by atoms with Crippen molar-refractivity contribution in [1.29, 1.82) is 0 Å². The Morgan fingerprint density at radius 3 is 2.29 bits per heavy atom. The molecule has 0 saturated carbocycles. The van der Waals surface area contributed by atoms with E-state index in [9.17, 15) is 0 Å². The predicted octanol–water partition coefficient (Wildman–Crippen LogP) is 5.83. The summed E-state index contributed by atoms with van der Waals surface area (Å²) in [4.78, 5) is 4.34. The van der Waals surface area contributed by atoms with Crippen molar-refractivity contribution < 1.29 is 4.74 Å². The van der Waals surface area contributed by atoms with Crippen molar-refractivity contribution in [3.05, 3.63) is 96.4 Å². The first kappa shape index (κ1) is 20.0. The zero-order valence-corrected chi connectivity index (χ0v) is 18.7. The number of pyridine rings is 1. The number of ether oxygens (including phenoxy) is 1. The Labute approximate surface area is 195 Å². The van der Waals surface area contributed by atoms with Gasteiger partial charge in [-0.25, -0.2) is 4.98 Å². The third-order valence-corrected chi connectivity index (χ3v) is 5.72. The Morgan fingerprint density at radius 2 is 1.47 bits per heavy atom. The van der Waals surface area contributed by atoms with Crippen molar-refractivity contribution in [1.82, 2.24) is 29.9 Å². The van der Waals surface area contributed by atoms with Gasteiger partial charge in [0.25, 0.3) is 5.95 Å². The number of rotatable bonds is 4. The number of benzene rings is 3. The minimum atomic E-state index is 0.441. The molecule has 3 aromatic carbocycles. The molecular weight excluding hydrogens is 424 g/mol. The molecule has 7 nitrogen and oxygen atoms in total. The molecule has 0 spiro atoms. The van der Waals surface area contributed by atoms with Gasteiger partial charge in [-0.1, -0.05) is 48.5 Å². The summed E-state index contributed by atoms with van der Waals surface area (Å²) in [5.41, 5.74) is 5.16. The molecule has 0 atom stereocenters. The van der Waals surface area contributed by atoms with Gasteiger partial charge in [-0.05, 0) is 54.8 Å². The third kappa shape index (κ3) is 3.53. The van der Waals surface area contributed by atoms with Crippen LogP contribution < -0.4 is 4.74 Å². The van der Waals surface area contributed by atoms with Crippen LogP contribution in [0.15, 0.2) is 85.1 Å². The molecule has 0 N–H and O–H groups in total. The van der Waals surface area contributed by atoms with E-state index < -0.39 is 0 Å². The first-order valence-corrected chi connectivity index (χ1v) is 10.9. The molecule has 0 aliphatic rings. The van der Waals surface area contributed by atoms with E-state index in [1.54, 1.807) is 13.1 Å². The molecule has 0 unspecified atom stereocenters. The summed E-state index contributed by atoms with van der Waals surface area (Å²) >= 11 is 0. The summed E-state index contributed by atoms with van der Waals surface area (Å²) < 4.78 is 7.99. The van der Waals surface area contributed by atoms with E-state index in [2.05, 4.69) is 61.8 Å². The van der Waals surface area contributed by atoms with Crippen LogP contribution in [-0.2, 0) is 0 Å². The number of hydrogen-bond donors (Lipinski definition) is 0. The molecule has 7 heteroatoms. The van der Waals surface area contributed by atoms with E-state index in [1.165, 1.54) is 0 Å². The highest BCUT2D eigenvalue weighted by Gasteiger charge is 2.15. The van der Waals surface area contributed by atoms with Crippen LogP contribution in [0, 0.1) is 13.8 Å². The molecule has 3 heterocycles. The second-order valence-electron chi connectivity index (χ2n) is 8.14. The SMILES string of the molecule is Cc1ccc(Oc2cccc(-c3ccc4c5ccccc5n(-c5nnc(C)nn5)c4c3)c2)nc1. The van der Waals surface area contributed by atoms with Gasteiger partial charge in [0.1, 0.15) is 5.75 Å². The molecule has 0 radical (unpaired) electrons. The molecule has 6 aromatic rings. The minimum Gasteiger partial charge on any atom is -0.439 e. The molecule has 0 aliphatic heterocycles. The van der Waals surface area contributed by atoms with Gasteiger partial charge < -0.3 is 4.74 Å². The molecule has 0 saturated heterocycles. The van der Waals surface area contributed by atoms with Gasteiger partial charge in [0, 0.05) is 23.0 Å². The van der Waals surface area contributed by atoms with Crippen LogP contribution in [0.25, 0.3) is 38.9 Å². The number of fused-ring (bicyclic) bond motifs is 3. The Bertz CT molecular complexity index is 1640. The van der Waals surface area contributed by atoms with Crippen LogP contribution in [0.2, 0.25) is 0 Å². The Balaban J connectivity index is 1.48. The number of para-hydroxylation sites is 1. The molecule has 0 bridgehead atoms. The Kier molecular flexibility index (Phi) is 4.73. The maximum Gasteiger partial charge on any atom is 0.273 e. The highest BCUT2D eigenvalue weighted by Crippen LogP contribution is 2.34. The average Bonchev–Trinajstić information content (AvgIpc) is 3.20. The van der Waals surface area contributed by atoms with Crippen LogP contribution >= 0.6 is 0 Å². The lowest BCUT2D eigenvalue weighted by Gasteiger charge is -2.09. The third-order valence-electron chi connectivity index (χ3n) is 5.72. The highest BCUT2D eigenvalue weighted by atomic mass is 16.5. The normalized spacial score (nSPS) is 11.2. The topological polar surface area (TPSA) is 78.6 Å². The number of nitrogens with zero attached hydrogens (tertiary/aromatic N) is 6. The summed E-state index contributed by atoms with van der Waals surface area (Å²) in [7, 11) is 0. The van der Waals surface area contributed by atoms with E-state index in [1.807, 2.05) is 54.0 Å². The monoisotopic (exact) mass is 444 g/mol. The van der Waals surface area contributed by atoms with Crippen molar-refractivity contribution in [2.45, 2.75) is 13.8 Å². The van der Waals surface area contributed by atoms with Crippen LogP contribution in [0.5, 0.6) is 11.6 Å². The van der Waals surface area contributed by atoms with Gasteiger partial charge >= 0.3 is 0 Å². The van der Waals surface area contributed by atoms with Gasteiger partial charge in [-0.15, -0.1) is 20.4 Å². The molecule has 3 aromatic heterocycles. The largest absolute Gasteiger partial charge is 0.439 e. The molecule has 0 amide bonds. The molecule has 34 heavy (non-hydrogen) atoms. The average molecular weight is 444 g/mol. The van der Waals surface area contributed by atoms with Crippen molar-refractivity contribution in [3.63, 3.8) is 0 Å². The molecular formula is C27H20N6O. The second-order valence-corrected chi connectivity index (χ2v) is 8.14. The van der Waals surface area contributed by atoms with E-state index >= 15 is 0 Å². The number of hydrogen-bond acceptors (Lipinski definition) is 6. The smallest absolute Gasteiger partial charge is 0.273 e. The highest BCUT2D eigenvalue weighted by molar-refractivity contribution is 6.09. The zero-order chi connectivity index (χ0) is 23.1. The van der Waals surface area contributed by atoms with Crippen molar-refractivity contribution in [3.8, 4) is 28.7 Å². The van der Waals surface area contributed by atoms with Crippen molar-refractivity contribution >= 4 is 21.8 Å². The number of aromatic nitrogens is 6. The number of aryl methyl sites for hydroxylation is 2. The van der Waals surface area contributed by atoms with E-state index in [0.29, 0.717) is 17.7 Å². The fourth-order valence-electron chi connectivity index (χ4n) is 4.10. The van der Waals surface area contributed by atoms with Gasteiger partial charge in [0.2, 0.25) is 5.88 Å². The molecule has 0 fully saturated rings. The maximum atomic E-state index is 5.98.